The lowest BCUT2D eigenvalue weighted by Crippen LogP contribution is -2.31. The zero-order valence-corrected chi connectivity index (χ0v) is 12.7. The Balaban J connectivity index is 2.24. The summed E-state index contributed by atoms with van der Waals surface area (Å²) in [6.45, 7) is 0.116. The molecule has 2 rings (SSSR count). The maximum atomic E-state index is 9.40. The second-order valence-corrected chi connectivity index (χ2v) is 5.08. The van der Waals surface area contributed by atoms with Gasteiger partial charge in [0.05, 0.1) is 7.11 Å². The van der Waals surface area contributed by atoms with Crippen LogP contribution in [0.25, 0.3) is 0 Å². The van der Waals surface area contributed by atoms with Crippen LogP contribution in [-0.2, 0) is 6.61 Å². The van der Waals surface area contributed by atoms with E-state index in [0.717, 1.165) is 0 Å². The van der Waals surface area contributed by atoms with Crippen LogP contribution >= 0.6 is 23.2 Å². The minimum atomic E-state index is -1.67. The van der Waals surface area contributed by atoms with Crippen molar-refractivity contribution >= 4 is 35.8 Å². The van der Waals surface area contributed by atoms with E-state index in [1.54, 1.807) is 30.3 Å². The number of methoxy groups -OCH3 is 1. The second kappa shape index (κ2) is 7.05. The van der Waals surface area contributed by atoms with Crippen LogP contribution < -0.4 is 14.9 Å². The summed E-state index contributed by atoms with van der Waals surface area (Å²) in [6, 6.07) is 9.91. The molecule has 110 valence electrons. The molecule has 0 aliphatic carbocycles. The normalized spacial score (nSPS) is 10.3. The molecule has 0 spiro atoms. The molecule has 0 saturated heterocycles. The third kappa shape index (κ3) is 3.83. The lowest BCUT2D eigenvalue weighted by molar-refractivity contribution is 0.306. The van der Waals surface area contributed by atoms with E-state index in [1.807, 2.05) is 0 Å². The number of halogens is 2. The van der Waals surface area contributed by atoms with Gasteiger partial charge in [0.2, 0.25) is 0 Å². The van der Waals surface area contributed by atoms with Crippen LogP contribution in [0.4, 0.5) is 0 Å². The molecule has 0 saturated carbocycles. The minimum Gasteiger partial charge on any atom is -0.497 e. The van der Waals surface area contributed by atoms with Gasteiger partial charge >= 0.3 is 7.12 Å². The first kappa shape index (κ1) is 16.0. The molecule has 21 heavy (non-hydrogen) atoms. The molecule has 0 amide bonds. The Morgan fingerprint density at radius 3 is 2.33 bits per heavy atom. The molecule has 0 aromatic heterocycles. The Hall–Kier alpha value is -1.40. The van der Waals surface area contributed by atoms with Crippen molar-refractivity contribution in [3.63, 3.8) is 0 Å². The highest BCUT2D eigenvalue weighted by atomic mass is 35.5. The van der Waals surface area contributed by atoms with E-state index in [2.05, 4.69) is 0 Å². The molecular weight excluding hydrogens is 314 g/mol. The van der Waals surface area contributed by atoms with Gasteiger partial charge in [-0.05, 0) is 30.3 Å². The van der Waals surface area contributed by atoms with Gasteiger partial charge in [-0.15, -0.1) is 0 Å². The maximum absolute atomic E-state index is 9.40. The van der Waals surface area contributed by atoms with E-state index >= 15 is 0 Å². The van der Waals surface area contributed by atoms with Crippen LogP contribution in [0.5, 0.6) is 11.5 Å². The van der Waals surface area contributed by atoms with Crippen molar-refractivity contribution in [1.82, 2.24) is 0 Å². The highest BCUT2D eigenvalue weighted by molar-refractivity contribution is 6.59. The largest absolute Gasteiger partial charge is 0.497 e. The Bertz CT molecular complexity index is 614. The summed E-state index contributed by atoms with van der Waals surface area (Å²) in [4.78, 5) is 0. The van der Waals surface area contributed by atoms with Crippen LogP contribution in [0.15, 0.2) is 36.4 Å². The van der Waals surface area contributed by atoms with Crippen LogP contribution in [0.3, 0.4) is 0 Å². The zero-order chi connectivity index (χ0) is 15.4. The average molecular weight is 327 g/mol. The van der Waals surface area contributed by atoms with Crippen molar-refractivity contribution in [3.05, 3.63) is 52.0 Å². The Morgan fingerprint density at radius 1 is 1.10 bits per heavy atom. The average Bonchev–Trinajstić information content (AvgIpc) is 2.46. The molecule has 0 bridgehead atoms. The van der Waals surface area contributed by atoms with Crippen molar-refractivity contribution in [2.24, 2.45) is 0 Å². The number of benzene rings is 2. The van der Waals surface area contributed by atoms with Crippen LogP contribution in [0.1, 0.15) is 5.56 Å². The molecule has 2 aromatic rings. The molecule has 4 nitrogen and oxygen atoms in total. The standard InChI is InChI=1S/C14H13BCl2O4/c1-20-9-5-6-14(11(7-9)15(18)19)21-8-10-12(16)3-2-4-13(10)17/h2-7,18-19H,8H2,1H3. The minimum absolute atomic E-state index is 0.116. The summed E-state index contributed by atoms with van der Waals surface area (Å²) in [5, 5.41) is 19.8. The fourth-order valence-electron chi connectivity index (χ4n) is 1.81. The van der Waals surface area contributed by atoms with Crippen molar-refractivity contribution < 1.29 is 19.5 Å². The number of hydrogen-bond acceptors (Lipinski definition) is 4. The van der Waals surface area contributed by atoms with Crippen molar-refractivity contribution in [1.29, 1.82) is 0 Å². The van der Waals surface area contributed by atoms with E-state index in [4.69, 9.17) is 32.7 Å². The lowest BCUT2D eigenvalue weighted by atomic mass is 9.79. The first-order chi connectivity index (χ1) is 10.0. The number of rotatable bonds is 5. The summed E-state index contributed by atoms with van der Waals surface area (Å²) in [5.74, 6) is 0.822. The van der Waals surface area contributed by atoms with Crippen LogP contribution in [-0.4, -0.2) is 24.3 Å². The molecule has 0 atom stereocenters. The Kier molecular flexibility index (Phi) is 5.36. The topological polar surface area (TPSA) is 58.9 Å². The predicted molar refractivity (Wildman–Crippen MR) is 83.6 cm³/mol. The first-order valence-electron chi connectivity index (χ1n) is 6.12. The highest BCUT2D eigenvalue weighted by Gasteiger charge is 2.19. The fourth-order valence-corrected chi connectivity index (χ4v) is 2.31. The first-order valence-corrected chi connectivity index (χ1v) is 6.88. The highest BCUT2D eigenvalue weighted by Crippen LogP contribution is 2.26. The zero-order valence-electron chi connectivity index (χ0n) is 11.2. The van der Waals surface area contributed by atoms with E-state index < -0.39 is 7.12 Å². The van der Waals surface area contributed by atoms with E-state index in [-0.39, 0.29) is 12.1 Å². The van der Waals surface area contributed by atoms with Gasteiger partial charge in [0.1, 0.15) is 18.1 Å². The lowest BCUT2D eigenvalue weighted by Gasteiger charge is -2.14. The Morgan fingerprint density at radius 2 is 1.76 bits per heavy atom. The molecule has 0 heterocycles. The predicted octanol–water partition coefficient (Wildman–Crippen LogP) is 2.26. The van der Waals surface area contributed by atoms with Gasteiger partial charge < -0.3 is 19.5 Å². The fraction of sp³-hybridized carbons (Fsp3) is 0.143. The van der Waals surface area contributed by atoms with Gasteiger partial charge in [-0.1, -0.05) is 29.3 Å². The molecule has 2 N–H and O–H groups in total. The quantitative estimate of drug-likeness (QED) is 0.827. The molecule has 0 aliphatic rings. The summed E-state index contributed by atoms with van der Waals surface area (Å²) >= 11 is 12.1. The summed E-state index contributed by atoms with van der Waals surface area (Å²) in [6.07, 6.45) is 0. The molecule has 0 unspecified atom stereocenters. The Labute approximate surface area is 133 Å². The summed E-state index contributed by atoms with van der Waals surface area (Å²) in [5.41, 5.74) is 0.840. The number of ether oxygens (including phenoxy) is 2. The smallest absolute Gasteiger partial charge is 0.492 e. The van der Waals surface area contributed by atoms with Crippen molar-refractivity contribution in [2.45, 2.75) is 6.61 Å². The van der Waals surface area contributed by atoms with Gasteiger partial charge in [0.25, 0.3) is 0 Å². The monoisotopic (exact) mass is 326 g/mol. The molecule has 7 heteroatoms. The van der Waals surface area contributed by atoms with Crippen LogP contribution in [0.2, 0.25) is 10.0 Å². The van der Waals surface area contributed by atoms with Gasteiger partial charge in [-0.2, -0.15) is 0 Å². The van der Waals surface area contributed by atoms with Gasteiger partial charge in [-0.25, -0.2) is 0 Å². The SMILES string of the molecule is COc1ccc(OCc2c(Cl)cccc2Cl)c(B(O)O)c1. The maximum Gasteiger partial charge on any atom is 0.492 e. The summed E-state index contributed by atoms with van der Waals surface area (Å²) < 4.78 is 10.6. The van der Waals surface area contributed by atoms with Crippen LogP contribution in [0, 0.1) is 0 Å². The van der Waals surface area contributed by atoms with E-state index in [9.17, 15) is 10.0 Å². The van der Waals surface area contributed by atoms with Gasteiger partial charge in [-0.3, -0.25) is 0 Å². The van der Waals surface area contributed by atoms with Crippen molar-refractivity contribution in [3.8, 4) is 11.5 Å². The van der Waals surface area contributed by atoms with Gasteiger partial charge in [0.15, 0.2) is 0 Å². The van der Waals surface area contributed by atoms with E-state index in [0.29, 0.717) is 27.1 Å². The molecule has 0 fully saturated rings. The molecular formula is C14H13BCl2O4. The second-order valence-electron chi connectivity index (χ2n) is 4.27. The molecule has 0 radical (unpaired) electrons. The van der Waals surface area contributed by atoms with E-state index in [1.165, 1.54) is 13.2 Å². The molecule has 0 aliphatic heterocycles. The third-order valence-electron chi connectivity index (χ3n) is 2.93. The molecule has 2 aromatic carbocycles. The third-order valence-corrected chi connectivity index (χ3v) is 3.64. The van der Waals surface area contributed by atoms with Crippen molar-refractivity contribution in [2.75, 3.05) is 7.11 Å². The summed E-state index contributed by atoms with van der Waals surface area (Å²) in [7, 11) is -0.177. The number of hydrogen-bond donors (Lipinski definition) is 2. The van der Waals surface area contributed by atoms with Gasteiger partial charge in [0, 0.05) is 21.1 Å².